The molecular weight excluding hydrogens is 445 g/mol. The molecule has 0 bridgehead atoms. The summed E-state index contributed by atoms with van der Waals surface area (Å²) in [6, 6.07) is 4.35. The number of halogens is 3. The summed E-state index contributed by atoms with van der Waals surface area (Å²) < 4.78 is 38.9. The van der Waals surface area contributed by atoms with E-state index in [0.717, 1.165) is 29.2 Å². The van der Waals surface area contributed by atoms with Crippen LogP contribution >= 0.6 is 11.3 Å². The summed E-state index contributed by atoms with van der Waals surface area (Å²) in [6.45, 7) is 3.59. The Labute approximate surface area is 186 Å². The highest BCUT2D eigenvalue weighted by Crippen LogP contribution is 2.50. The fourth-order valence-electron chi connectivity index (χ4n) is 4.50. The Bertz CT molecular complexity index is 1010. The standard InChI is InChI=1S/C22H23F3N2O4S/c1-12(2)9-21(20(30)31)10-16(18(26)28)17(14-7-8-32-11-14)27(21)19(29)13-3-5-15(6-4-13)22(23,24)25/h3-8,11-12,16-17H,9-10H2,1-2H3,(H2,26,28)(H,30,31). The molecule has 3 N–H and O–H groups in total. The third-order valence-corrected chi connectivity index (χ3v) is 6.45. The Kier molecular flexibility index (Phi) is 6.37. The van der Waals surface area contributed by atoms with Crippen molar-refractivity contribution >= 4 is 29.1 Å². The van der Waals surface area contributed by atoms with Gasteiger partial charge in [0.2, 0.25) is 5.91 Å². The van der Waals surface area contributed by atoms with Gasteiger partial charge in [0.1, 0.15) is 5.54 Å². The van der Waals surface area contributed by atoms with E-state index in [4.69, 9.17) is 5.73 Å². The van der Waals surface area contributed by atoms with E-state index in [1.807, 2.05) is 0 Å². The lowest BCUT2D eigenvalue weighted by Gasteiger charge is -2.39. The minimum atomic E-state index is -4.58. The van der Waals surface area contributed by atoms with Gasteiger partial charge in [-0.2, -0.15) is 24.5 Å². The van der Waals surface area contributed by atoms with Crippen LogP contribution in [0.15, 0.2) is 41.1 Å². The number of hydrogen-bond acceptors (Lipinski definition) is 4. The molecule has 0 saturated carbocycles. The molecule has 3 atom stereocenters. The first-order valence-corrected chi connectivity index (χ1v) is 10.9. The van der Waals surface area contributed by atoms with Gasteiger partial charge in [0, 0.05) is 5.56 Å². The minimum absolute atomic E-state index is 0.0547. The Morgan fingerprint density at radius 3 is 2.28 bits per heavy atom. The number of amides is 2. The summed E-state index contributed by atoms with van der Waals surface area (Å²) in [7, 11) is 0. The average Bonchev–Trinajstić information content (AvgIpc) is 3.33. The first kappa shape index (κ1) is 23.8. The first-order valence-electron chi connectivity index (χ1n) is 9.94. The minimum Gasteiger partial charge on any atom is -0.479 e. The van der Waals surface area contributed by atoms with Crippen molar-refractivity contribution in [2.24, 2.45) is 17.6 Å². The van der Waals surface area contributed by atoms with E-state index in [2.05, 4.69) is 0 Å². The Morgan fingerprint density at radius 2 is 1.84 bits per heavy atom. The van der Waals surface area contributed by atoms with Crippen LogP contribution in [0.2, 0.25) is 0 Å². The summed E-state index contributed by atoms with van der Waals surface area (Å²) in [5, 5.41) is 13.7. The Balaban J connectivity index is 2.17. The second-order valence-corrected chi connectivity index (χ2v) is 9.18. The number of primary amides is 1. The van der Waals surface area contributed by atoms with Crippen LogP contribution in [0.3, 0.4) is 0 Å². The predicted molar refractivity (Wildman–Crippen MR) is 112 cm³/mol. The van der Waals surface area contributed by atoms with E-state index in [1.54, 1.807) is 30.7 Å². The van der Waals surface area contributed by atoms with Crippen LogP contribution in [0.1, 0.15) is 54.2 Å². The molecule has 1 aromatic heterocycles. The molecule has 1 aromatic carbocycles. The number of carboxylic acids is 1. The van der Waals surface area contributed by atoms with E-state index in [-0.39, 0.29) is 24.3 Å². The van der Waals surface area contributed by atoms with Gasteiger partial charge < -0.3 is 15.7 Å². The number of nitrogens with two attached hydrogens (primary N) is 1. The van der Waals surface area contributed by atoms with Gasteiger partial charge in [-0.1, -0.05) is 13.8 Å². The molecule has 6 nitrogen and oxygen atoms in total. The van der Waals surface area contributed by atoms with Gasteiger partial charge in [-0.25, -0.2) is 4.79 Å². The summed E-state index contributed by atoms with van der Waals surface area (Å²) in [5.74, 6) is -3.89. The third kappa shape index (κ3) is 4.23. The van der Waals surface area contributed by atoms with Gasteiger partial charge in [-0.15, -0.1) is 0 Å². The van der Waals surface area contributed by atoms with Crippen LogP contribution in [0, 0.1) is 11.8 Å². The molecule has 0 aliphatic carbocycles. The van der Waals surface area contributed by atoms with Gasteiger partial charge >= 0.3 is 12.1 Å². The normalized spacial score (nSPS) is 23.5. The van der Waals surface area contributed by atoms with Crippen molar-refractivity contribution in [1.82, 2.24) is 4.90 Å². The van der Waals surface area contributed by atoms with Crippen molar-refractivity contribution in [3.8, 4) is 0 Å². The molecule has 32 heavy (non-hydrogen) atoms. The van der Waals surface area contributed by atoms with Crippen LogP contribution in [-0.4, -0.2) is 33.3 Å². The van der Waals surface area contributed by atoms with Gasteiger partial charge in [0.05, 0.1) is 17.5 Å². The summed E-state index contributed by atoms with van der Waals surface area (Å²) in [6.07, 6.45) is -4.70. The number of carboxylic acid groups (broad SMARTS) is 1. The molecular formula is C22H23F3N2O4S. The van der Waals surface area contributed by atoms with E-state index in [9.17, 15) is 32.7 Å². The zero-order valence-electron chi connectivity index (χ0n) is 17.4. The molecule has 2 aromatic rings. The van der Waals surface area contributed by atoms with Gasteiger partial charge in [-0.05, 0) is 65.4 Å². The van der Waals surface area contributed by atoms with Crippen LogP contribution in [-0.2, 0) is 15.8 Å². The summed E-state index contributed by atoms with van der Waals surface area (Å²) in [4.78, 5) is 39.7. The monoisotopic (exact) mass is 468 g/mol. The fourth-order valence-corrected chi connectivity index (χ4v) is 5.19. The number of rotatable bonds is 6. The maximum Gasteiger partial charge on any atom is 0.416 e. The second kappa shape index (κ2) is 8.57. The molecule has 2 amide bonds. The molecule has 1 aliphatic rings. The number of thiophene rings is 1. The number of nitrogens with zero attached hydrogens (tertiary/aromatic N) is 1. The Morgan fingerprint density at radius 1 is 1.22 bits per heavy atom. The highest BCUT2D eigenvalue weighted by atomic mass is 32.1. The molecule has 0 spiro atoms. The lowest BCUT2D eigenvalue weighted by molar-refractivity contribution is -0.150. The van der Waals surface area contributed by atoms with Crippen LogP contribution < -0.4 is 5.73 Å². The van der Waals surface area contributed by atoms with Crippen LogP contribution in [0.4, 0.5) is 13.2 Å². The van der Waals surface area contributed by atoms with Crippen LogP contribution in [0.25, 0.3) is 0 Å². The van der Waals surface area contributed by atoms with E-state index >= 15 is 0 Å². The lowest BCUT2D eigenvalue weighted by Crippen LogP contribution is -2.54. The number of benzene rings is 1. The maximum absolute atomic E-state index is 13.6. The summed E-state index contributed by atoms with van der Waals surface area (Å²) >= 11 is 1.31. The maximum atomic E-state index is 13.6. The molecule has 1 fully saturated rings. The zero-order valence-corrected chi connectivity index (χ0v) is 18.2. The largest absolute Gasteiger partial charge is 0.479 e. The van der Waals surface area contributed by atoms with E-state index in [0.29, 0.717) is 5.56 Å². The number of hydrogen-bond donors (Lipinski definition) is 2. The van der Waals surface area contributed by atoms with Crippen molar-refractivity contribution in [2.75, 3.05) is 0 Å². The van der Waals surface area contributed by atoms with E-state index in [1.165, 1.54) is 11.3 Å². The third-order valence-electron chi connectivity index (χ3n) is 5.75. The molecule has 10 heteroatoms. The van der Waals surface area contributed by atoms with Crippen LogP contribution in [0.5, 0.6) is 0 Å². The number of carbonyl (C=O) groups is 3. The van der Waals surface area contributed by atoms with Crippen molar-refractivity contribution in [3.63, 3.8) is 0 Å². The lowest BCUT2D eigenvalue weighted by atomic mass is 9.83. The molecule has 2 heterocycles. The molecule has 172 valence electrons. The quantitative estimate of drug-likeness (QED) is 0.659. The van der Waals surface area contributed by atoms with Gasteiger partial charge in [-0.3, -0.25) is 9.59 Å². The Hall–Kier alpha value is -2.88. The SMILES string of the molecule is CC(C)CC1(C(=O)O)CC(C(N)=O)C(c2ccsc2)N1C(=O)c1ccc(C(F)(F)F)cc1. The number of alkyl halides is 3. The predicted octanol–water partition coefficient (Wildman–Crippen LogP) is 4.33. The van der Waals surface area contributed by atoms with E-state index < -0.39 is 47.0 Å². The number of aliphatic carboxylic acids is 1. The fraction of sp³-hybridized carbons (Fsp3) is 0.409. The first-order chi connectivity index (χ1) is 14.9. The highest BCUT2D eigenvalue weighted by molar-refractivity contribution is 7.08. The van der Waals surface area contributed by atoms with Crippen molar-refractivity contribution in [3.05, 3.63) is 57.8 Å². The second-order valence-electron chi connectivity index (χ2n) is 8.40. The van der Waals surface area contributed by atoms with Gasteiger partial charge in [0.15, 0.2) is 0 Å². The highest BCUT2D eigenvalue weighted by Gasteiger charge is 2.60. The van der Waals surface area contributed by atoms with Crippen molar-refractivity contribution in [2.45, 2.75) is 44.4 Å². The zero-order chi connectivity index (χ0) is 23.8. The number of carbonyl (C=O) groups excluding carboxylic acids is 2. The smallest absolute Gasteiger partial charge is 0.416 e. The molecule has 3 unspecified atom stereocenters. The summed E-state index contributed by atoms with van der Waals surface area (Å²) in [5.41, 5.74) is 3.43. The van der Waals surface area contributed by atoms with Crippen molar-refractivity contribution in [1.29, 1.82) is 0 Å². The van der Waals surface area contributed by atoms with Gasteiger partial charge in [0.25, 0.3) is 5.91 Å². The topological polar surface area (TPSA) is 101 Å². The number of likely N-dealkylation sites (tertiary alicyclic amines) is 1. The molecule has 0 radical (unpaired) electrons. The molecule has 1 saturated heterocycles. The molecule has 3 rings (SSSR count). The average molecular weight is 468 g/mol. The molecule has 1 aliphatic heterocycles. The van der Waals surface area contributed by atoms with Crippen molar-refractivity contribution < 1.29 is 32.7 Å².